The van der Waals surface area contributed by atoms with Crippen LogP contribution < -0.4 is 11.3 Å². The fourth-order valence-corrected chi connectivity index (χ4v) is 1.12. The first-order valence-electron chi connectivity index (χ1n) is 3.01. The molecule has 1 atom stereocenters. The Bertz CT molecular complexity index is 74.1. The summed E-state index contributed by atoms with van der Waals surface area (Å²) in [6, 6.07) is 0. The molecule has 1 rings (SSSR count). The zero-order chi connectivity index (χ0) is 5.98. The Morgan fingerprint density at radius 2 is 2.50 bits per heavy atom. The lowest BCUT2D eigenvalue weighted by molar-refractivity contribution is 0.267. The van der Waals surface area contributed by atoms with Crippen molar-refractivity contribution in [3.05, 3.63) is 0 Å². The minimum absolute atomic E-state index is 0.426. The Kier molecular flexibility index (Phi) is 1.83. The fraction of sp³-hybridized carbons (Fsp3) is 1.00. The van der Waals surface area contributed by atoms with E-state index in [0.29, 0.717) is 6.17 Å². The molecule has 1 aliphatic rings. The minimum Gasteiger partial charge on any atom is -0.290 e. The van der Waals surface area contributed by atoms with Crippen LogP contribution in [0.15, 0.2) is 0 Å². The van der Waals surface area contributed by atoms with Crippen molar-refractivity contribution in [2.45, 2.75) is 19.0 Å². The van der Waals surface area contributed by atoms with Gasteiger partial charge in [-0.2, -0.15) is 0 Å². The van der Waals surface area contributed by atoms with Crippen LogP contribution in [-0.2, 0) is 0 Å². The van der Waals surface area contributed by atoms with Crippen LogP contribution in [0.25, 0.3) is 0 Å². The highest BCUT2D eigenvalue weighted by molar-refractivity contribution is 4.70. The summed E-state index contributed by atoms with van der Waals surface area (Å²) in [6.07, 6.45) is 2.88. The van der Waals surface area contributed by atoms with Crippen molar-refractivity contribution < 1.29 is 0 Å². The van der Waals surface area contributed by atoms with Crippen molar-refractivity contribution in [2.75, 3.05) is 13.6 Å². The van der Waals surface area contributed by atoms with Crippen LogP contribution in [0.3, 0.4) is 0 Å². The largest absolute Gasteiger partial charge is 0.290 e. The maximum atomic E-state index is 5.23. The SMILES string of the molecule is CN1CCCC1NN. The van der Waals surface area contributed by atoms with Gasteiger partial charge in [-0.3, -0.25) is 10.7 Å². The van der Waals surface area contributed by atoms with E-state index in [2.05, 4.69) is 17.4 Å². The molecule has 0 radical (unpaired) electrons. The first kappa shape index (κ1) is 6.01. The Labute approximate surface area is 49.8 Å². The Morgan fingerprint density at radius 1 is 1.75 bits per heavy atom. The number of nitrogens with zero attached hydrogens (tertiary/aromatic N) is 1. The van der Waals surface area contributed by atoms with Crippen molar-refractivity contribution in [3.63, 3.8) is 0 Å². The Balaban J connectivity index is 2.30. The van der Waals surface area contributed by atoms with E-state index in [1.54, 1.807) is 0 Å². The minimum atomic E-state index is 0.426. The molecule has 1 unspecified atom stereocenters. The molecule has 1 saturated heterocycles. The standard InChI is InChI=1S/C5H13N3/c1-8-4-2-3-5(8)7-6/h5,7H,2-4,6H2,1H3. The second-order valence-electron chi connectivity index (χ2n) is 2.31. The molecular formula is C5H13N3. The number of hydrazine groups is 1. The maximum absolute atomic E-state index is 5.23. The highest BCUT2D eigenvalue weighted by Crippen LogP contribution is 2.09. The van der Waals surface area contributed by atoms with Crippen molar-refractivity contribution in [3.8, 4) is 0 Å². The highest BCUT2D eigenvalue weighted by atomic mass is 15.4. The summed E-state index contributed by atoms with van der Waals surface area (Å²) < 4.78 is 0. The van der Waals surface area contributed by atoms with Gasteiger partial charge in [0.05, 0.1) is 6.17 Å². The van der Waals surface area contributed by atoms with E-state index in [1.165, 1.54) is 19.4 Å². The smallest absolute Gasteiger partial charge is 0.0724 e. The Morgan fingerprint density at radius 3 is 2.75 bits per heavy atom. The summed E-state index contributed by atoms with van der Waals surface area (Å²) in [5, 5.41) is 0. The third-order valence-electron chi connectivity index (χ3n) is 1.71. The molecule has 8 heavy (non-hydrogen) atoms. The van der Waals surface area contributed by atoms with Crippen LogP contribution >= 0.6 is 0 Å². The average molecular weight is 115 g/mol. The summed E-state index contributed by atoms with van der Waals surface area (Å²) in [6.45, 7) is 1.18. The number of hydrogen-bond donors (Lipinski definition) is 2. The lowest BCUT2D eigenvalue weighted by Gasteiger charge is -2.16. The van der Waals surface area contributed by atoms with E-state index in [0.717, 1.165) is 0 Å². The molecule has 0 saturated carbocycles. The molecule has 3 N–H and O–H groups in total. The topological polar surface area (TPSA) is 41.3 Å². The maximum Gasteiger partial charge on any atom is 0.0724 e. The first-order chi connectivity index (χ1) is 3.84. The predicted molar refractivity (Wildman–Crippen MR) is 33.0 cm³/mol. The molecule has 1 aliphatic heterocycles. The molecule has 0 amide bonds. The summed E-state index contributed by atoms with van der Waals surface area (Å²) in [5.74, 6) is 5.23. The molecule has 0 aromatic carbocycles. The third-order valence-corrected chi connectivity index (χ3v) is 1.71. The van der Waals surface area contributed by atoms with Crippen LogP contribution in [0.2, 0.25) is 0 Å². The summed E-state index contributed by atoms with van der Waals surface area (Å²) >= 11 is 0. The van der Waals surface area contributed by atoms with E-state index in [-0.39, 0.29) is 0 Å². The average Bonchev–Trinajstić information content (AvgIpc) is 2.14. The number of nitrogens with one attached hydrogen (secondary N) is 1. The van der Waals surface area contributed by atoms with Gasteiger partial charge in [-0.05, 0) is 26.4 Å². The monoisotopic (exact) mass is 115 g/mol. The van der Waals surface area contributed by atoms with Crippen LogP contribution in [-0.4, -0.2) is 24.7 Å². The number of likely N-dealkylation sites (tertiary alicyclic amines) is 1. The fourth-order valence-electron chi connectivity index (χ4n) is 1.12. The van der Waals surface area contributed by atoms with Gasteiger partial charge in [0.25, 0.3) is 0 Å². The molecule has 3 heteroatoms. The lowest BCUT2D eigenvalue weighted by Crippen LogP contribution is -2.42. The number of nitrogens with two attached hydrogens (primary N) is 1. The number of hydrogen-bond acceptors (Lipinski definition) is 3. The van der Waals surface area contributed by atoms with Crippen molar-refractivity contribution in [1.82, 2.24) is 10.3 Å². The second-order valence-corrected chi connectivity index (χ2v) is 2.31. The summed E-state index contributed by atoms with van der Waals surface area (Å²) in [5.41, 5.74) is 2.74. The van der Waals surface area contributed by atoms with Crippen LogP contribution in [0.5, 0.6) is 0 Å². The van der Waals surface area contributed by atoms with Gasteiger partial charge in [0, 0.05) is 0 Å². The molecule has 0 aromatic rings. The molecule has 0 bridgehead atoms. The Hall–Kier alpha value is -0.120. The van der Waals surface area contributed by atoms with Crippen LogP contribution in [0, 0.1) is 0 Å². The normalized spacial score (nSPS) is 31.5. The van der Waals surface area contributed by atoms with Gasteiger partial charge in [-0.25, -0.2) is 5.43 Å². The molecule has 0 aliphatic carbocycles. The summed E-state index contributed by atoms with van der Waals surface area (Å²) in [4.78, 5) is 2.22. The predicted octanol–water partition coefficient (Wildman–Crippen LogP) is -0.499. The van der Waals surface area contributed by atoms with E-state index in [4.69, 9.17) is 5.84 Å². The molecule has 3 nitrogen and oxygen atoms in total. The molecule has 1 heterocycles. The van der Waals surface area contributed by atoms with Gasteiger partial charge in [-0.15, -0.1) is 0 Å². The first-order valence-corrected chi connectivity index (χ1v) is 3.01. The van der Waals surface area contributed by atoms with Crippen molar-refractivity contribution in [1.29, 1.82) is 0 Å². The van der Waals surface area contributed by atoms with E-state index in [1.807, 2.05) is 0 Å². The van der Waals surface area contributed by atoms with Gasteiger partial charge in [-0.1, -0.05) is 0 Å². The lowest BCUT2D eigenvalue weighted by atomic mass is 10.3. The molecule has 1 fully saturated rings. The van der Waals surface area contributed by atoms with Crippen LogP contribution in [0.1, 0.15) is 12.8 Å². The zero-order valence-electron chi connectivity index (χ0n) is 5.22. The molecule has 0 aromatic heterocycles. The van der Waals surface area contributed by atoms with Gasteiger partial charge >= 0.3 is 0 Å². The van der Waals surface area contributed by atoms with Gasteiger partial charge in [0.2, 0.25) is 0 Å². The number of rotatable bonds is 1. The van der Waals surface area contributed by atoms with Gasteiger partial charge in [0.15, 0.2) is 0 Å². The van der Waals surface area contributed by atoms with Crippen molar-refractivity contribution >= 4 is 0 Å². The van der Waals surface area contributed by atoms with E-state index < -0.39 is 0 Å². The molecule has 0 spiro atoms. The third kappa shape index (κ3) is 0.992. The van der Waals surface area contributed by atoms with E-state index >= 15 is 0 Å². The molecular weight excluding hydrogens is 102 g/mol. The summed E-state index contributed by atoms with van der Waals surface area (Å²) in [7, 11) is 2.08. The molecule has 48 valence electrons. The van der Waals surface area contributed by atoms with Crippen LogP contribution in [0.4, 0.5) is 0 Å². The highest BCUT2D eigenvalue weighted by Gasteiger charge is 2.17. The second kappa shape index (κ2) is 2.44. The van der Waals surface area contributed by atoms with E-state index in [9.17, 15) is 0 Å². The van der Waals surface area contributed by atoms with Gasteiger partial charge < -0.3 is 0 Å². The van der Waals surface area contributed by atoms with Crippen molar-refractivity contribution in [2.24, 2.45) is 5.84 Å². The van der Waals surface area contributed by atoms with Gasteiger partial charge in [0.1, 0.15) is 0 Å². The quantitative estimate of drug-likeness (QED) is 0.357. The zero-order valence-corrected chi connectivity index (χ0v) is 5.22.